The molecule has 0 amide bonds. The van der Waals surface area contributed by atoms with Gasteiger partial charge in [0.1, 0.15) is 12.7 Å². The van der Waals surface area contributed by atoms with Crippen LogP contribution in [0.5, 0.6) is 0 Å². The second-order valence-electron chi connectivity index (χ2n) is 7.92. The highest BCUT2D eigenvalue weighted by atomic mass is 16.5. The van der Waals surface area contributed by atoms with Gasteiger partial charge >= 0.3 is 0 Å². The summed E-state index contributed by atoms with van der Waals surface area (Å²) in [6, 6.07) is 10.7. The second-order valence-corrected chi connectivity index (χ2v) is 7.92. The third-order valence-electron chi connectivity index (χ3n) is 5.58. The third kappa shape index (κ3) is 5.28. The first-order valence-corrected chi connectivity index (χ1v) is 10.3. The van der Waals surface area contributed by atoms with E-state index in [-0.39, 0.29) is 0 Å². The first-order chi connectivity index (χ1) is 14.2. The van der Waals surface area contributed by atoms with Crippen LogP contribution in [0.25, 0.3) is 0 Å². The molecule has 1 aliphatic rings. The number of pyridine rings is 1. The van der Waals surface area contributed by atoms with Crippen LogP contribution in [0.15, 0.2) is 49.2 Å². The molecule has 3 aromatic rings. The van der Waals surface area contributed by atoms with Gasteiger partial charge in [0.2, 0.25) is 0 Å². The van der Waals surface area contributed by atoms with Crippen molar-refractivity contribution in [3.8, 4) is 0 Å². The summed E-state index contributed by atoms with van der Waals surface area (Å²) in [5.41, 5.74) is 6.34. The summed E-state index contributed by atoms with van der Waals surface area (Å²) in [6.07, 6.45) is 7.84. The molecule has 2 aromatic heterocycles. The molecule has 1 fully saturated rings. The number of benzene rings is 1. The molecule has 1 atom stereocenters. The van der Waals surface area contributed by atoms with Gasteiger partial charge in [-0.3, -0.25) is 9.88 Å². The molecule has 0 radical (unpaired) electrons. The first-order valence-electron chi connectivity index (χ1n) is 10.3. The van der Waals surface area contributed by atoms with Crippen LogP contribution in [0.2, 0.25) is 0 Å². The van der Waals surface area contributed by atoms with Crippen molar-refractivity contribution >= 4 is 0 Å². The molecule has 6 heteroatoms. The highest BCUT2D eigenvalue weighted by molar-refractivity contribution is 5.37. The smallest absolute Gasteiger partial charge is 0.137 e. The van der Waals surface area contributed by atoms with E-state index in [1.165, 1.54) is 22.3 Å². The molecule has 0 bridgehead atoms. The van der Waals surface area contributed by atoms with Gasteiger partial charge in [-0.05, 0) is 61.1 Å². The maximum atomic E-state index is 5.92. The van der Waals surface area contributed by atoms with Gasteiger partial charge in [0.25, 0.3) is 0 Å². The summed E-state index contributed by atoms with van der Waals surface area (Å²) in [6.45, 7) is 8.63. The van der Waals surface area contributed by atoms with Gasteiger partial charge in [-0.1, -0.05) is 18.2 Å². The highest BCUT2D eigenvalue weighted by Gasteiger charge is 2.20. The molecule has 4 rings (SSSR count). The maximum absolute atomic E-state index is 5.92. The van der Waals surface area contributed by atoms with Gasteiger partial charge in [0.15, 0.2) is 0 Å². The van der Waals surface area contributed by atoms with E-state index in [2.05, 4.69) is 58.1 Å². The van der Waals surface area contributed by atoms with Gasteiger partial charge in [-0.25, -0.2) is 9.67 Å². The lowest BCUT2D eigenvalue weighted by atomic mass is 9.99. The van der Waals surface area contributed by atoms with Crippen molar-refractivity contribution in [2.45, 2.75) is 52.4 Å². The minimum atomic E-state index is 0.319. The summed E-state index contributed by atoms with van der Waals surface area (Å²) in [7, 11) is 0. The van der Waals surface area contributed by atoms with Crippen LogP contribution in [0.4, 0.5) is 0 Å². The van der Waals surface area contributed by atoms with Crippen LogP contribution in [0.3, 0.4) is 0 Å². The highest BCUT2D eigenvalue weighted by Crippen LogP contribution is 2.21. The van der Waals surface area contributed by atoms with Crippen LogP contribution < -0.4 is 0 Å². The SMILES string of the molecule is Cc1cc(C)c(Cn2cncn2)cc1CN(Cc1ccccn1)C[C@@H]1CCCO1. The summed E-state index contributed by atoms with van der Waals surface area (Å²) in [5.74, 6) is 0. The zero-order chi connectivity index (χ0) is 20.1. The van der Waals surface area contributed by atoms with Gasteiger partial charge in [-0.15, -0.1) is 0 Å². The maximum Gasteiger partial charge on any atom is 0.137 e. The van der Waals surface area contributed by atoms with E-state index in [1.54, 1.807) is 12.7 Å². The quantitative estimate of drug-likeness (QED) is 0.588. The second kappa shape index (κ2) is 9.29. The Balaban J connectivity index is 1.54. The Hall–Kier alpha value is -2.57. The molecule has 152 valence electrons. The lowest BCUT2D eigenvalue weighted by molar-refractivity contribution is 0.0674. The molecule has 1 saturated heterocycles. The van der Waals surface area contributed by atoms with E-state index >= 15 is 0 Å². The van der Waals surface area contributed by atoms with Gasteiger partial charge < -0.3 is 4.74 Å². The standard InChI is InChI=1S/C23H29N5O/c1-18-10-19(2)21(13-28-17-24-16-26-28)11-20(18)12-27(15-23-7-5-9-29-23)14-22-6-3-4-8-25-22/h3-4,6,8,10-11,16-17,23H,5,7,9,12-15H2,1-2H3/t23-/m0/s1. The number of aromatic nitrogens is 4. The fraction of sp³-hybridized carbons (Fsp3) is 0.435. The molecule has 0 N–H and O–H groups in total. The molecule has 1 aromatic carbocycles. The largest absolute Gasteiger partial charge is 0.377 e. The van der Waals surface area contributed by atoms with Crippen molar-refractivity contribution in [3.05, 3.63) is 77.1 Å². The van der Waals surface area contributed by atoms with E-state index in [9.17, 15) is 0 Å². The van der Waals surface area contributed by atoms with Crippen molar-refractivity contribution in [1.29, 1.82) is 0 Å². The average molecular weight is 392 g/mol. The Bertz CT molecular complexity index is 905. The van der Waals surface area contributed by atoms with Crippen LogP contribution in [-0.2, 0) is 24.4 Å². The van der Waals surface area contributed by atoms with Gasteiger partial charge in [0, 0.05) is 32.4 Å². The van der Waals surface area contributed by atoms with Gasteiger partial charge in [0.05, 0.1) is 18.3 Å². The lowest BCUT2D eigenvalue weighted by Gasteiger charge is -2.26. The number of aryl methyl sites for hydroxylation is 2. The van der Waals surface area contributed by atoms with Crippen molar-refractivity contribution in [2.75, 3.05) is 13.2 Å². The van der Waals surface area contributed by atoms with Crippen LogP contribution >= 0.6 is 0 Å². The molecule has 29 heavy (non-hydrogen) atoms. The zero-order valence-electron chi connectivity index (χ0n) is 17.3. The molecule has 0 aliphatic carbocycles. The van der Waals surface area contributed by atoms with Crippen LogP contribution in [-0.4, -0.2) is 43.9 Å². The molecule has 0 spiro atoms. The van der Waals surface area contributed by atoms with E-state index in [0.717, 1.165) is 51.3 Å². The minimum absolute atomic E-state index is 0.319. The topological polar surface area (TPSA) is 56.1 Å². The predicted octanol–water partition coefficient (Wildman–Crippen LogP) is 3.52. The lowest BCUT2D eigenvalue weighted by Crippen LogP contribution is -2.32. The summed E-state index contributed by atoms with van der Waals surface area (Å²) in [5, 5.41) is 4.26. The Morgan fingerprint density at radius 3 is 2.76 bits per heavy atom. The molecule has 3 heterocycles. The Morgan fingerprint density at radius 2 is 2.03 bits per heavy atom. The van der Waals surface area contributed by atoms with E-state index in [4.69, 9.17) is 4.74 Å². The van der Waals surface area contributed by atoms with Crippen LogP contribution in [0, 0.1) is 13.8 Å². The van der Waals surface area contributed by atoms with E-state index < -0.39 is 0 Å². The van der Waals surface area contributed by atoms with Crippen molar-refractivity contribution < 1.29 is 4.74 Å². The Labute approximate surface area is 172 Å². The number of rotatable bonds is 8. The number of ether oxygens (including phenoxy) is 1. The zero-order valence-corrected chi connectivity index (χ0v) is 17.3. The van der Waals surface area contributed by atoms with Crippen LogP contribution in [0.1, 0.15) is 40.8 Å². The number of hydrogen-bond donors (Lipinski definition) is 0. The predicted molar refractivity (Wildman–Crippen MR) is 112 cm³/mol. The molecule has 1 aliphatic heterocycles. The Kier molecular flexibility index (Phi) is 6.32. The number of nitrogens with zero attached hydrogens (tertiary/aromatic N) is 5. The van der Waals surface area contributed by atoms with E-state index in [0.29, 0.717) is 6.10 Å². The molecular weight excluding hydrogens is 362 g/mol. The minimum Gasteiger partial charge on any atom is -0.377 e. The van der Waals surface area contributed by atoms with Crippen molar-refractivity contribution in [2.24, 2.45) is 0 Å². The fourth-order valence-corrected chi connectivity index (χ4v) is 4.00. The van der Waals surface area contributed by atoms with Gasteiger partial charge in [-0.2, -0.15) is 5.10 Å². The third-order valence-corrected chi connectivity index (χ3v) is 5.58. The first kappa shape index (κ1) is 19.7. The van der Waals surface area contributed by atoms with E-state index in [1.807, 2.05) is 16.9 Å². The number of hydrogen-bond acceptors (Lipinski definition) is 5. The molecule has 6 nitrogen and oxygen atoms in total. The summed E-state index contributed by atoms with van der Waals surface area (Å²) < 4.78 is 7.80. The molecule has 0 saturated carbocycles. The average Bonchev–Trinajstić information content (AvgIpc) is 3.40. The summed E-state index contributed by atoms with van der Waals surface area (Å²) in [4.78, 5) is 11.1. The van der Waals surface area contributed by atoms with Crippen molar-refractivity contribution in [1.82, 2.24) is 24.6 Å². The normalized spacial score (nSPS) is 16.6. The monoisotopic (exact) mass is 391 g/mol. The van der Waals surface area contributed by atoms with Crippen molar-refractivity contribution in [3.63, 3.8) is 0 Å². The fourth-order valence-electron chi connectivity index (χ4n) is 4.00. The molecular formula is C23H29N5O. The summed E-state index contributed by atoms with van der Waals surface area (Å²) >= 11 is 0. The molecule has 0 unspecified atom stereocenters. The Morgan fingerprint density at radius 1 is 1.14 bits per heavy atom.